The number of para-hydroxylation sites is 1. The van der Waals surface area contributed by atoms with E-state index in [-0.39, 0.29) is 17.3 Å². The number of thiazole rings is 1. The van der Waals surface area contributed by atoms with Gasteiger partial charge in [-0.25, -0.2) is 10.4 Å². The zero-order valence-corrected chi connectivity index (χ0v) is 17.0. The molecule has 0 aliphatic rings. The van der Waals surface area contributed by atoms with Gasteiger partial charge >= 0.3 is 0 Å². The van der Waals surface area contributed by atoms with Gasteiger partial charge in [0, 0.05) is 17.7 Å². The minimum Gasteiger partial charge on any atom is -0.455 e. The van der Waals surface area contributed by atoms with Crippen LogP contribution in [0.1, 0.15) is 5.76 Å². The number of amides is 1. The first-order valence-corrected chi connectivity index (χ1v) is 10.5. The van der Waals surface area contributed by atoms with Gasteiger partial charge in [0.1, 0.15) is 11.5 Å². The van der Waals surface area contributed by atoms with Crippen LogP contribution >= 0.6 is 23.1 Å². The van der Waals surface area contributed by atoms with Gasteiger partial charge in [-0.1, -0.05) is 23.9 Å². The van der Waals surface area contributed by atoms with Crippen molar-refractivity contribution >= 4 is 51.1 Å². The quantitative estimate of drug-likeness (QED) is 0.194. The fraction of sp³-hybridized carbons (Fsp3) is 0.0500. The van der Waals surface area contributed by atoms with Crippen LogP contribution in [0.15, 0.2) is 74.5 Å². The fourth-order valence-electron chi connectivity index (χ4n) is 2.57. The van der Waals surface area contributed by atoms with Crippen LogP contribution in [0.5, 0.6) is 0 Å². The van der Waals surface area contributed by atoms with Crippen LogP contribution in [-0.2, 0) is 4.79 Å². The van der Waals surface area contributed by atoms with Gasteiger partial charge in [-0.3, -0.25) is 14.9 Å². The van der Waals surface area contributed by atoms with E-state index < -0.39 is 4.92 Å². The fourth-order valence-corrected chi connectivity index (χ4v) is 4.43. The van der Waals surface area contributed by atoms with Crippen LogP contribution in [0.25, 0.3) is 21.5 Å². The van der Waals surface area contributed by atoms with Gasteiger partial charge in [-0.2, -0.15) is 5.10 Å². The number of benzene rings is 2. The molecular formula is C20H14N4O4S2. The van der Waals surface area contributed by atoms with Crippen molar-refractivity contribution in [2.24, 2.45) is 5.10 Å². The normalized spacial score (nSPS) is 11.2. The number of aromatic nitrogens is 1. The molecule has 0 atom stereocenters. The van der Waals surface area contributed by atoms with Crippen molar-refractivity contribution in [1.82, 2.24) is 10.4 Å². The van der Waals surface area contributed by atoms with E-state index in [1.165, 1.54) is 30.1 Å². The van der Waals surface area contributed by atoms with Gasteiger partial charge in [-0.15, -0.1) is 11.3 Å². The lowest BCUT2D eigenvalue weighted by atomic mass is 10.1. The lowest BCUT2D eigenvalue weighted by molar-refractivity contribution is -0.384. The molecule has 0 spiro atoms. The van der Waals surface area contributed by atoms with Crippen LogP contribution in [0, 0.1) is 10.1 Å². The summed E-state index contributed by atoms with van der Waals surface area (Å²) in [6, 6.07) is 17.3. The Labute approximate surface area is 178 Å². The average Bonchev–Trinajstić information content (AvgIpc) is 3.39. The summed E-state index contributed by atoms with van der Waals surface area (Å²) in [7, 11) is 0. The molecular weight excluding hydrogens is 424 g/mol. The van der Waals surface area contributed by atoms with Crippen LogP contribution in [0.3, 0.4) is 0 Å². The Balaban J connectivity index is 1.29. The molecule has 0 saturated heterocycles. The highest BCUT2D eigenvalue weighted by molar-refractivity contribution is 8.01. The number of hydrogen-bond donors (Lipinski definition) is 1. The van der Waals surface area contributed by atoms with Gasteiger partial charge in [0.2, 0.25) is 0 Å². The Bertz CT molecular complexity index is 1200. The third kappa shape index (κ3) is 4.73. The molecule has 1 N–H and O–H groups in total. The topological polar surface area (TPSA) is 111 Å². The van der Waals surface area contributed by atoms with Crippen molar-refractivity contribution in [3.63, 3.8) is 0 Å². The number of hydrazone groups is 1. The summed E-state index contributed by atoms with van der Waals surface area (Å²) in [6.45, 7) is 0. The van der Waals surface area contributed by atoms with Crippen LogP contribution < -0.4 is 5.43 Å². The summed E-state index contributed by atoms with van der Waals surface area (Å²) >= 11 is 2.90. The predicted octanol–water partition coefficient (Wildman–Crippen LogP) is 4.71. The number of nitrogens with one attached hydrogen (secondary N) is 1. The molecule has 4 aromatic rings. The number of nitro benzene ring substituents is 1. The zero-order chi connectivity index (χ0) is 20.9. The number of nitro groups is 1. The average molecular weight is 438 g/mol. The molecule has 4 rings (SSSR count). The first kappa shape index (κ1) is 19.8. The number of nitrogens with zero attached hydrogens (tertiary/aromatic N) is 3. The Morgan fingerprint density at radius 3 is 2.77 bits per heavy atom. The van der Waals surface area contributed by atoms with Gasteiger partial charge in [-0.05, 0) is 36.4 Å². The lowest BCUT2D eigenvalue weighted by Gasteiger charge is -1.97. The summed E-state index contributed by atoms with van der Waals surface area (Å²) in [5.74, 6) is 0.938. The number of rotatable bonds is 7. The molecule has 30 heavy (non-hydrogen) atoms. The van der Waals surface area contributed by atoms with E-state index in [4.69, 9.17) is 4.42 Å². The highest BCUT2D eigenvalue weighted by Crippen LogP contribution is 2.29. The molecule has 0 aliphatic carbocycles. The summed E-state index contributed by atoms with van der Waals surface area (Å²) in [5, 5.41) is 14.6. The molecule has 0 aliphatic heterocycles. The molecule has 150 valence electrons. The van der Waals surface area contributed by atoms with E-state index in [0.29, 0.717) is 17.1 Å². The highest BCUT2D eigenvalue weighted by atomic mass is 32.2. The summed E-state index contributed by atoms with van der Waals surface area (Å²) in [5.41, 5.74) is 4.09. The lowest BCUT2D eigenvalue weighted by Crippen LogP contribution is -2.19. The Morgan fingerprint density at radius 1 is 1.20 bits per heavy atom. The van der Waals surface area contributed by atoms with Crippen LogP contribution in [0.2, 0.25) is 0 Å². The van der Waals surface area contributed by atoms with E-state index in [0.717, 1.165) is 14.6 Å². The second kappa shape index (κ2) is 8.89. The number of furan rings is 1. The second-order valence-corrected chi connectivity index (χ2v) is 8.29. The van der Waals surface area contributed by atoms with E-state index in [2.05, 4.69) is 15.5 Å². The van der Waals surface area contributed by atoms with E-state index in [1.807, 2.05) is 24.3 Å². The number of fused-ring (bicyclic) bond motifs is 1. The maximum atomic E-state index is 12.0. The van der Waals surface area contributed by atoms with E-state index in [9.17, 15) is 14.9 Å². The number of carbonyl (C=O) groups is 1. The Morgan fingerprint density at radius 2 is 2.00 bits per heavy atom. The zero-order valence-electron chi connectivity index (χ0n) is 15.3. The number of non-ortho nitro benzene ring substituents is 1. The second-order valence-electron chi connectivity index (χ2n) is 6.04. The smallest absolute Gasteiger partial charge is 0.269 e. The van der Waals surface area contributed by atoms with Gasteiger partial charge in [0.05, 0.1) is 27.1 Å². The molecule has 2 aromatic carbocycles. The molecule has 10 heteroatoms. The SMILES string of the molecule is O=C(CSc1nc2ccccc2s1)N/N=C\c1ccc(-c2ccc([N+](=O)[O-])cc2)o1. The van der Waals surface area contributed by atoms with Crippen molar-refractivity contribution < 1.29 is 14.1 Å². The highest BCUT2D eigenvalue weighted by Gasteiger charge is 2.09. The standard InChI is InChI=1S/C20H14N4O4S2/c25-19(12-29-20-22-16-3-1-2-4-18(16)30-20)23-21-11-15-9-10-17(28-15)13-5-7-14(8-6-13)24(26)27/h1-11H,12H2,(H,23,25)/b21-11-. The molecule has 0 saturated carbocycles. The minimum atomic E-state index is -0.457. The molecule has 0 radical (unpaired) electrons. The maximum Gasteiger partial charge on any atom is 0.269 e. The molecule has 0 unspecified atom stereocenters. The van der Waals surface area contributed by atoms with Crippen molar-refractivity contribution in [1.29, 1.82) is 0 Å². The number of hydrogen-bond acceptors (Lipinski definition) is 8. The first-order valence-electron chi connectivity index (χ1n) is 8.73. The molecule has 0 fully saturated rings. The summed E-state index contributed by atoms with van der Waals surface area (Å²) in [6.07, 6.45) is 1.40. The minimum absolute atomic E-state index is 0.0125. The maximum absolute atomic E-state index is 12.0. The predicted molar refractivity (Wildman–Crippen MR) is 117 cm³/mol. The summed E-state index contributed by atoms with van der Waals surface area (Å²) < 4.78 is 7.54. The van der Waals surface area contributed by atoms with E-state index in [1.54, 1.807) is 35.6 Å². The first-order chi connectivity index (χ1) is 14.6. The molecule has 8 nitrogen and oxygen atoms in total. The van der Waals surface area contributed by atoms with Crippen molar-refractivity contribution in [3.05, 3.63) is 76.5 Å². The van der Waals surface area contributed by atoms with Crippen LogP contribution in [0.4, 0.5) is 5.69 Å². The van der Waals surface area contributed by atoms with Gasteiger partial charge in [0.25, 0.3) is 11.6 Å². The third-order valence-corrected chi connectivity index (χ3v) is 6.15. The molecule has 0 bridgehead atoms. The molecule has 2 heterocycles. The van der Waals surface area contributed by atoms with Gasteiger partial charge in [0.15, 0.2) is 4.34 Å². The van der Waals surface area contributed by atoms with Gasteiger partial charge < -0.3 is 4.42 Å². The van der Waals surface area contributed by atoms with Crippen molar-refractivity contribution in [2.75, 3.05) is 5.75 Å². The summed E-state index contributed by atoms with van der Waals surface area (Å²) in [4.78, 5) is 26.7. The Hall–Kier alpha value is -3.50. The van der Waals surface area contributed by atoms with Crippen molar-refractivity contribution in [3.8, 4) is 11.3 Å². The van der Waals surface area contributed by atoms with Crippen molar-refractivity contribution in [2.45, 2.75) is 4.34 Å². The molecule has 1 amide bonds. The van der Waals surface area contributed by atoms with Crippen LogP contribution in [-0.4, -0.2) is 27.8 Å². The number of carbonyl (C=O) groups excluding carboxylic acids is 1. The molecule has 2 aromatic heterocycles. The number of thioether (sulfide) groups is 1. The van der Waals surface area contributed by atoms with E-state index >= 15 is 0 Å². The Kier molecular flexibility index (Phi) is 5.87. The monoisotopic (exact) mass is 438 g/mol. The third-order valence-electron chi connectivity index (χ3n) is 3.97. The largest absolute Gasteiger partial charge is 0.455 e.